The Labute approximate surface area is 315 Å². The van der Waals surface area contributed by atoms with Crippen molar-refractivity contribution in [2.24, 2.45) is 4.99 Å². The van der Waals surface area contributed by atoms with E-state index < -0.39 is 0 Å². The van der Waals surface area contributed by atoms with Crippen molar-refractivity contribution in [2.75, 3.05) is 0 Å². The second-order valence-electron chi connectivity index (χ2n) is 14.2. The van der Waals surface area contributed by atoms with E-state index in [-0.39, 0.29) is 6.04 Å². The zero-order valence-electron chi connectivity index (χ0n) is 29.8. The number of fused-ring (bicyclic) bond motifs is 3. The average Bonchev–Trinajstić information content (AvgIpc) is 3.26. The Kier molecular flexibility index (Phi) is 8.03. The summed E-state index contributed by atoms with van der Waals surface area (Å²) in [4.78, 5) is 10.0. The van der Waals surface area contributed by atoms with E-state index in [9.17, 15) is 0 Å². The lowest BCUT2D eigenvalue weighted by Gasteiger charge is -2.24. The molecule has 3 heteroatoms. The number of hydrogen-bond acceptors (Lipinski definition) is 3. The van der Waals surface area contributed by atoms with Crippen LogP contribution in [0.5, 0.6) is 0 Å². The fraction of sp³-hybridized carbons (Fsp3) is 0.0588. The Morgan fingerprint density at radius 2 is 1.20 bits per heavy atom. The first-order valence-corrected chi connectivity index (χ1v) is 18.7. The molecule has 7 aromatic carbocycles. The van der Waals surface area contributed by atoms with Gasteiger partial charge in [0.15, 0.2) is 0 Å². The van der Waals surface area contributed by atoms with E-state index in [4.69, 9.17) is 9.98 Å². The minimum absolute atomic E-state index is 0.159. The summed E-state index contributed by atoms with van der Waals surface area (Å²) in [6.07, 6.45) is 11.0. The van der Waals surface area contributed by atoms with Crippen molar-refractivity contribution in [3.8, 4) is 33.4 Å². The molecule has 0 fully saturated rings. The van der Waals surface area contributed by atoms with Crippen LogP contribution in [0.4, 0.5) is 0 Å². The summed E-state index contributed by atoms with van der Waals surface area (Å²) in [7, 11) is 0. The molecule has 0 radical (unpaired) electrons. The van der Waals surface area contributed by atoms with Crippen molar-refractivity contribution in [1.29, 1.82) is 0 Å². The number of pyridine rings is 1. The van der Waals surface area contributed by atoms with Crippen LogP contribution in [0, 0.1) is 0 Å². The van der Waals surface area contributed by atoms with Gasteiger partial charge in [0.2, 0.25) is 0 Å². The molecule has 1 atom stereocenters. The number of aliphatic imine (C=N–C) groups is 1. The van der Waals surface area contributed by atoms with Crippen LogP contribution in [-0.2, 0) is 6.42 Å². The minimum atomic E-state index is -0.159. The molecule has 1 aliphatic heterocycles. The Bertz CT molecular complexity index is 2770. The van der Waals surface area contributed by atoms with Crippen LogP contribution < -0.4 is 5.32 Å². The zero-order valence-corrected chi connectivity index (χ0v) is 29.8. The van der Waals surface area contributed by atoms with Gasteiger partial charge in [-0.3, -0.25) is 9.98 Å². The van der Waals surface area contributed by atoms with Gasteiger partial charge < -0.3 is 5.32 Å². The summed E-state index contributed by atoms with van der Waals surface area (Å²) in [5, 5.41) is 7.37. The molecule has 0 saturated heterocycles. The molecule has 2 aliphatic rings. The van der Waals surface area contributed by atoms with Crippen molar-refractivity contribution in [3.05, 3.63) is 210 Å². The summed E-state index contributed by atoms with van der Waals surface area (Å²) in [6.45, 7) is 0. The number of amidine groups is 1. The fourth-order valence-electron chi connectivity index (χ4n) is 7.96. The number of nitrogens with one attached hydrogen (secondary N) is 1. The number of benzene rings is 7. The van der Waals surface area contributed by atoms with Gasteiger partial charge in [0.25, 0.3) is 0 Å². The molecule has 1 N–H and O–H groups in total. The van der Waals surface area contributed by atoms with Crippen LogP contribution in [0.25, 0.3) is 66.8 Å². The monoisotopic (exact) mass is 691 g/mol. The molecule has 0 bridgehead atoms. The number of hydrogen-bond donors (Lipinski definition) is 1. The maximum absolute atomic E-state index is 5.33. The predicted molar refractivity (Wildman–Crippen MR) is 226 cm³/mol. The SMILES string of the molecule is C1=Cc2c(cccc2-c2ccc(C3=NC(c4ccc(-c5cccc6ccccc56)cc4)C=C(c4ccc(-c5cnc6ccccc6c5)cc4)N3)cc2)CC1. The Balaban J connectivity index is 1.00. The molecule has 54 heavy (non-hydrogen) atoms. The maximum atomic E-state index is 5.33. The highest BCUT2D eigenvalue weighted by molar-refractivity contribution is 6.05. The predicted octanol–water partition coefficient (Wildman–Crippen LogP) is 12.5. The van der Waals surface area contributed by atoms with E-state index in [1.807, 2.05) is 12.3 Å². The molecule has 10 rings (SSSR count). The summed E-state index contributed by atoms with van der Waals surface area (Å²) in [5.74, 6) is 0.861. The normalized spacial score (nSPS) is 15.0. The molecular weight excluding hydrogens is 655 g/mol. The van der Waals surface area contributed by atoms with Gasteiger partial charge in [-0.1, -0.05) is 164 Å². The number of rotatable bonds is 6. The first kappa shape index (κ1) is 31.9. The van der Waals surface area contributed by atoms with Gasteiger partial charge in [0.1, 0.15) is 5.84 Å². The van der Waals surface area contributed by atoms with Crippen molar-refractivity contribution in [1.82, 2.24) is 10.3 Å². The smallest absolute Gasteiger partial charge is 0.133 e. The summed E-state index contributed by atoms with van der Waals surface area (Å²) in [5.41, 5.74) is 15.3. The molecule has 2 heterocycles. The van der Waals surface area contributed by atoms with Gasteiger partial charge in [-0.2, -0.15) is 0 Å². The number of aryl methyl sites for hydroxylation is 1. The maximum Gasteiger partial charge on any atom is 0.133 e. The van der Waals surface area contributed by atoms with Crippen LogP contribution in [0.3, 0.4) is 0 Å². The summed E-state index contributed by atoms with van der Waals surface area (Å²) >= 11 is 0. The van der Waals surface area contributed by atoms with Gasteiger partial charge >= 0.3 is 0 Å². The molecule has 1 aliphatic carbocycles. The van der Waals surface area contributed by atoms with E-state index in [0.717, 1.165) is 63.1 Å². The first-order chi connectivity index (χ1) is 26.7. The van der Waals surface area contributed by atoms with Crippen molar-refractivity contribution in [2.45, 2.75) is 18.9 Å². The van der Waals surface area contributed by atoms with E-state index >= 15 is 0 Å². The van der Waals surface area contributed by atoms with Gasteiger partial charge in [0, 0.05) is 28.4 Å². The zero-order chi connectivity index (χ0) is 35.8. The van der Waals surface area contributed by atoms with Crippen LogP contribution in [0.15, 0.2) is 187 Å². The van der Waals surface area contributed by atoms with E-state index in [1.165, 1.54) is 44.2 Å². The largest absolute Gasteiger partial charge is 0.340 e. The lowest BCUT2D eigenvalue weighted by atomic mass is 9.90. The molecule has 1 aromatic heterocycles. The molecule has 1 unspecified atom stereocenters. The van der Waals surface area contributed by atoms with Crippen molar-refractivity contribution < 1.29 is 0 Å². The quantitative estimate of drug-likeness (QED) is 0.188. The Morgan fingerprint density at radius 3 is 2.07 bits per heavy atom. The summed E-state index contributed by atoms with van der Waals surface area (Å²) < 4.78 is 0. The number of para-hydroxylation sites is 1. The van der Waals surface area contributed by atoms with Gasteiger partial charge in [-0.05, 0) is 91.9 Å². The molecule has 0 spiro atoms. The molecule has 0 amide bonds. The van der Waals surface area contributed by atoms with Crippen LogP contribution in [-0.4, -0.2) is 10.8 Å². The molecular formula is C51H37N3. The van der Waals surface area contributed by atoms with Crippen LogP contribution in [0.2, 0.25) is 0 Å². The van der Waals surface area contributed by atoms with Gasteiger partial charge in [-0.15, -0.1) is 0 Å². The third-order valence-corrected chi connectivity index (χ3v) is 10.8. The second-order valence-corrected chi connectivity index (χ2v) is 14.2. The second kappa shape index (κ2) is 13.6. The molecule has 8 aromatic rings. The third kappa shape index (κ3) is 6.00. The number of aromatic nitrogens is 1. The average molecular weight is 692 g/mol. The highest BCUT2D eigenvalue weighted by atomic mass is 15.0. The third-order valence-electron chi connectivity index (χ3n) is 10.8. The van der Waals surface area contributed by atoms with Crippen LogP contribution >= 0.6 is 0 Å². The van der Waals surface area contributed by atoms with Crippen molar-refractivity contribution in [3.63, 3.8) is 0 Å². The molecule has 3 nitrogen and oxygen atoms in total. The Hall–Kier alpha value is -6.84. The van der Waals surface area contributed by atoms with Crippen LogP contribution in [0.1, 0.15) is 40.3 Å². The highest BCUT2D eigenvalue weighted by Gasteiger charge is 2.20. The summed E-state index contributed by atoms with van der Waals surface area (Å²) in [6, 6.07) is 58.6. The lowest BCUT2D eigenvalue weighted by Crippen LogP contribution is -2.27. The Morgan fingerprint density at radius 1 is 0.537 bits per heavy atom. The van der Waals surface area contributed by atoms with Gasteiger partial charge in [0.05, 0.1) is 11.6 Å². The van der Waals surface area contributed by atoms with Crippen molar-refractivity contribution >= 4 is 39.3 Å². The van der Waals surface area contributed by atoms with Gasteiger partial charge in [-0.25, -0.2) is 0 Å². The van der Waals surface area contributed by atoms with E-state index in [2.05, 4.69) is 181 Å². The molecule has 256 valence electrons. The fourth-order valence-corrected chi connectivity index (χ4v) is 7.96. The lowest BCUT2D eigenvalue weighted by molar-refractivity contribution is 0.880. The highest BCUT2D eigenvalue weighted by Crippen LogP contribution is 2.35. The number of allylic oxidation sites excluding steroid dienone is 1. The topological polar surface area (TPSA) is 37.3 Å². The van der Waals surface area contributed by atoms with E-state index in [0.29, 0.717) is 0 Å². The molecule has 0 saturated carbocycles. The first-order valence-electron chi connectivity index (χ1n) is 18.7. The standard InChI is InChI=1S/C51H37N3/c1-4-14-44-35(9-1)12-7-16-46(44)37-21-27-40(28-22-37)50-32-49(39-25-19-34(20-26-39)43-31-42-11-3-6-18-48(42)52-33-43)53-51(54-50)41-29-23-38(24-30-41)47-17-8-13-36-10-2-5-15-45(36)47/h1,3-9,11-33,50H,2,10H2,(H,53,54). The minimum Gasteiger partial charge on any atom is -0.340 e. The van der Waals surface area contributed by atoms with E-state index in [1.54, 1.807) is 0 Å². The number of nitrogens with zero attached hydrogens (tertiary/aromatic N) is 2.